The van der Waals surface area contributed by atoms with Crippen LogP contribution in [0.25, 0.3) is 0 Å². The Morgan fingerprint density at radius 2 is 0.593 bits per heavy atom. The first-order valence-electron chi connectivity index (χ1n) is 8.28. The van der Waals surface area contributed by atoms with Crippen LogP contribution in [0, 0.1) is 0 Å². The third-order valence-electron chi connectivity index (χ3n) is 1.54. The predicted molar refractivity (Wildman–Crippen MR) is 132 cm³/mol. The van der Waals surface area contributed by atoms with E-state index in [4.69, 9.17) is 66.2 Å². The van der Waals surface area contributed by atoms with Crippen molar-refractivity contribution in [2.45, 2.75) is 105 Å². The van der Waals surface area contributed by atoms with Gasteiger partial charge in [0.05, 0.1) is 33.8 Å². The average molecular weight is 601 g/mol. The Morgan fingerprint density at radius 1 is 0.481 bits per heavy atom. The summed E-state index contributed by atoms with van der Waals surface area (Å²) in [7, 11) is 0. The summed E-state index contributed by atoms with van der Waals surface area (Å²) in [5.74, 6) is 0. The summed E-state index contributed by atoms with van der Waals surface area (Å²) in [6, 6.07) is 0. The van der Waals surface area contributed by atoms with Gasteiger partial charge in [-0.15, -0.1) is 0 Å². The third kappa shape index (κ3) is 28.6. The van der Waals surface area contributed by atoms with Crippen LogP contribution in [-0.2, 0) is 66.2 Å². The van der Waals surface area contributed by atoms with E-state index in [9.17, 15) is 0 Å². The minimum absolute atomic E-state index is 0. The third-order valence-corrected chi connectivity index (χ3v) is 6.42. The minimum Gasteiger partial charge on any atom is -0.691 e. The van der Waals surface area contributed by atoms with Crippen LogP contribution in [0.4, 0.5) is 0 Å². The molecule has 2 radical (unpaired) electrons. The first-order valence-corrected chi connectivity index (χ1v) is 15.6. The first kappa shape index (κ1) is 34.3. The smallest absolute Gasteiger partial charge is 0.691 e. The van der Waals surface area contributed by atoms with Crippen molar-refractivity contribution in [2.75, 3.05) is 0 Å². The van der Waals surface area contributed by atoms with E-state index in [1.165, 1.54) is 0 Å². The molecule has 0 aliphatic rings. The van der Waals surface area contributed by atoms with Gasteiger partial charge in [0.15, 0.2) is 0 Å². The molecule has 0 saturated heterocycles. The molecular weight excluding hydrogens is 565 g/mol. The van der Waals surface area contributed by atoms with Gasteiger partial charge in [-0.3, -0.25) is 0 Å². The van der Waals surface area contributed by atoms with Crippen molar-refractivity contribution in [3.63, 3.8) is 0 Å². The van der Waals surface area contributed by atoms with E-state index in [0.717, 1.165) is 0 Å². The maximum Gasteiger partial charge on any atom is 2.00 e. The summed E-state index contributed by atoms with van der Waals surface area (Å²) in [5, 5.41) is 0. The standard InChI is InChI=1S/2C8H19O2PS2.Sn/c2*1-7(2,3)9-11(12,13)10-8(4,5)6;/h2*1-6H3,(H,12,13);/q;;+2/p-2. The molecule has 0 aliphatic carbocycles. The van der Waals surface area contributed by atoms with Gasteiger partial charge in [-0.25, -0.2) is 0 Å². The van der Waals surface area contributed by atoms with Gasteiger partial charge in [-0.2, -0.15) is 0 Å². The molecule has 0 spiro atoms. The second-order valence-corrected chi connectivity index (χ2v) is 19.4. The molecule has 0 aliphatic heterocycles. The quantitative estimate of drug-likeness (QED) is 0.209. The minimum atomic E-state index is -2.52. The van der Waals surface area contributed by atoms with Crippen molar-refractivity contribution in [1.29, 1.82) is 0 Å². The molecule has 0 atom stereocenters. The fraction of sp³-hybridized carbons (Fsp3) is 1.00. The van der Waals surface area contributed by atoms with Gasteiger partial charge in [-0.05, 0) is 83.1 Å². The topological polar surface area (TPSA) is 36.9 Å². The summed E-state index contributed by atoms with van der Waals surface area (Å²) < 4.78 is 22.1. The van der Waals surface area contributed by atoms with E-state index in [2.05, 4.69) is 0 Å². The zero-order valence-corrected chi connectivity index (χ0v) is 26.6. The van der Waals surface area contributed by atoms with Crippen LogP contribution in [0.3, 0.4) is 0 Å². The molecule has 162 valence electrons. The van der Waals surface area contributed by atoms with Crippen LogP contribution in [0.5, 0.6) is 0 Å². The molecule has 0 amide bonds. The molecule has 0 heterocycles. The van der Waals surface area contributed by atoms with Crippen molar-refractivity contribution in [2.24, 2.45) is 0 Å². The van der Waals surface area contributed by atoms with Crippen LogP contribution in [0.15, 0.2) is 0 Å². The van der Waals surface area contributed by atoms with Crippen LogP contribution >= 0.6 is 11.4 Å². The summed E-state index contributed by atoms with van der Waals surface area (Å²) in [4.78, 5) is 0. The van der Waals surface area contributed by atoms with E-state index in [0.29, 0.717) is 0 Å². The number of rotatable bonds is 4. The van der Waals surface area contributed by atoms with Crippen molar-refractivity contribution in [3.8, 4) is 0 Å². The van der Waals surface area contributed by atoms with Gasteiger partial charge in [0.2, 0.25) is 0 Å². The first-order chi connectivity index (χ1) is 10.8. The molecular formula is C16H36O4P2S4Sn. The summed E-state index contributed by atoms with van der Waals surface area (Å²) in [6.45, 7) is 23.1. The van der Waals surface area contributed by atoms with Crippen molar-refractivity contribution >= 4 is 83.4 Å². The molecule has 0 fully saturated rings. The van der Waals surface area contributed by atoms with Gasteiger partial charge in [0, 0.05) is 0 Å². The Labute approximate surface area is 205 Å². The molecule has 0 rings (SSSR count). The zero-order valence-electron chi connectivity index (χ0n) is 18.7. The summed E-state index contributed by atoms with van der Waals surface area (Å²) in [6.07, 6.45) is 0. The Kier molecular flexibility index (Phi) is 15.3. The van der Waals surface area contributed by atoms with Crippen LogP contribution in [-0.4, -0.2) is 46.3 Å². The van der Waals surface area contributed by atoms with Crippen LogP contribution < -0.4 is 0 Å². The van der Waals surface area contributed by atoms with Crippen molar-refractivity contribution < 1.29 is 18.1 Å². The van der Waals surface area contributed by atoms with E-state index >= 15 is 0 Å². The Hall–Kier alpha value is 2.64. The van der Waals surface area contributed by atoms with Gasteiger partial charge in [-0.1, -0.05) is 23.6 Å². The largest absolute Gasteiger partial charge is 2.00 e. The summed E-state index contributed by atoms with van der Waals surface area (Å²) in [5.41, 5.74) is -6.36. The van der Waals surface area contributed by atoms with Gasteiger partial charge in [0.25, 0.3) is 0 Å². The van der Waals surface area contributed by atoms with E-state index in [-0.39, 0.29) is 46.3 Å². The molecule has 0 aromatic heterocycles. The Morgan fingerprint density at radius 3 is 0.667 bits per heavy atom. The van der Waals surface area contributed by atoms with E-state index in [1.54, 1.807) is 0 Å². The van der Waals surface area contributed by atoms with E-state index in [1.807, 2.05) is 83.1 Å². The fourth-order valence-electron chi connectivity index (χ4n) is 1.38. The van der Waals surface area contributed by atoms with Crippen LogP contribution in [0.2, 0.25) is 0 Å². The number of hydrogen-bond donors (Lipinski definition) is 0. The average Bonchev–Trinajstić information content (AvgIpc) is 1.97. The SMILES string of the molecule is CC(C)(C)OP(=S)([S-])OC(C)(C)C.CC(C)(C)OP(=S)([S-])OC(C)(C)C.[Sn+2]. The molecule has 0 unspecified atom stereocenters. The Bertz CT molecular complexity index is 444. The van der Waals surface area contributed by atoms with Gasteiger partial charge in [0.1, 0.15) is 0 Å². The summed E-state index contributed by atoms with van der Waals surface area (Å²) >= 11 is 20.5. The molecule has 0 N–H and O–H groups in total. The molecule has 0 saturated carbocycles. The zero-order chi connectivity index (χ0) is 21.8. The molecule has 27 heavy (non-hydrogen) atoms. The predicted octanol–water partition coefficient (Wildman–Crippen LogP) is 6.40. The molecule has 11 heteroatoms. The molecule has 0 aromatic rings. The number of hydrogen-bond acceptors (Lipinski definition) is 8. The molecule has 0 bridgehead atoms. The van der Waals surface area contributed by atoms with Crippen molar-refractivity contribution in [3.05, 3.63) is 0 Å². The normalized spacial score (nSPS) is 14.1. The van der Waals surface area contributed by atoms with E-state index < -0.39 is 11.4 Å². The van der Waals surface area contributed by atoms with Crippen molar-refractivity contribution in [1.82, 2.24) is 0 Å². The fourth-order valence-corrected chi connectivity index (χ4v) is 9.50. The monoisotopic (exact) mass is 602 g/mol. The Balaban J connectivity index is -0.000000411. The molecule has 0 aromatic carbocycles. The second-order valence-electron chi connectivity index (χ2n) is 9.71. The van der Waals surface area contributed by atoms with Gasteiger partial charge < -0.3 is 42.6 Å². The van der Waals surface area contributed by atoms with Gasteiger partial charge >= 0.3 is 23.9 Å². The van der Waals surface area contributed by atoms with Crippen LogP contribution in [0.1, 0.15) is 83.1 Å². The maximum atomic E-state index is 5.52. The maximum absolute atomic E-state index is 5.52. The second kappa shape index (κ2) is 12.0. The molecule has 4 nitrogen and oxygen atoms in total.